The maximum Gasteiger partial charge on any atom is 0.270 e. The van der Waals surface area contributed by atoms with Crippen molar-refractivity contribution in [1.82, 2.24) is 34.9 Å². The van der Waals surface area contributed by atoms with E-state index in [9.17, 15) is 9.59 Å². The summed E-state index contributed by atoms with van der Waals surface area (Å²) in [6.07, 6.45) is 4.36. The number of hydrogen-bond donors (Lipinski definition) is 2. The van der Waals surface area contributed by atoms with Crippen LogP contribution in [0.25, 0.3) is 5.78 Å². The van der Waals surface area contributed by atoms with Gasteiger partial charge in [0, 0.05) is 18.0 Å². The Kier molecular flexibility index (Phi) is 3.98. The fraction of sp³-hybridized carbons (Fsp3) is 0.412. The van der Waals surface area contributed by atoms with Crippen LogP contribution in [-0.2, 0) is 0 Å². The topological polar surface area (TPSA) is 118 Å². The summed E-state index contributed by atoms with van der Waals surface area (Å²) >= 11 is 0. The number of aromatic amines is 1. The number of fused-ring (bicyclic) bond motifs is 1. The lowest BCUT2D eigenvalue weighted by molar-refractivity contribution is 0.0903. The van der Waals surface area contributed by atoms with Crippen LogP contribution < -0.4 is 10.9 Å². The highest BCUT2D eigenvalue weighted by Gasteiger charge is 2.33. The van der Waals surface area contributed by atoms with E-state index in [-0.39, 0.29) is 29.3 Å². The van der Waals surface area contributed by atoms with Gasteiger partial charge in [0.2, 0.25) is 0 Å². The summed E-state index contributed by atoms with van der Waals surface area (Å²) in [5.41, 5.74) is 1.84. The van der Waals surface area contributed by atoms with E-state index in [0.29, 0.717) is 11.5 Å². The Hall–Kier alpha value is -3.10. The van der Waals surface area contributed by atoms with Crippen molar-refractivity contribution in [2.24, 2.45) is 0 Å². The molecule has 2 N–H and O–H groups in total. The molecule has 134 valence electrons. The zero-order valence-corrected chi connectivity index (χ0v) is 14.5. The average Bonchev–Trinajstić information content (AvgIpc) is 3.04. The second-order valence-electron chi connectivity index (χ2n) is 6.87. The second kappa shape index (κ2) is 6.32. The molecule has 9 nitrogen and oxygen atoms in total. The quantitative estimate of drug-likeness (QED) is 0.723. The first-order chi connectivity index (χ1) is 12.5. The number of hydrogen-bond acceptors (Lipinski definition) is 6. The Morgan fingerprint density at radius 2 is 2.12 bits per heavy atom. The highest BCUT2D eigenvalue weighted by Crippen LogP contribution is 2.35. The maximum atomic E-state index is 12.6. The summed E-state index contributed by atoms with van der Waals surface area (Å²) in [4.78, 5) is 39.0. The molecule has 0 atom stereocenters. The maximum absolute atomic E-state index is 12.6. The van der Waals surface area contributed by atoms with E-state index in [1.165, 1.54) is 18.7 Å². The third-order valence-corrected chi connectivity index (χ3v) is 4.69. The first-order valence-electron chi connectivity index (χ1n) is 8.57. The molecule has 0 aliphatic heterocycles. The Morgan fingerprint density at radius 1 is 1.31 bits per heavy atom. The smallest absolute Gasteiger partial charge is 0.270 e. The number of H-pyrrole nitrogens is 1. The van der Waals surface area contributed by atoms with Crippen LogP contribution in [0.5, 0.6) is 0 Å². The second-order valence-corrected chi connectivity index (χ2v) is 6.87. The highest BCUT2D eigenvalue weighted by atomic mass is 16.2. The number of amides is 1. The fourth-order valence-electron chi connectivity index (χ4n) is 3.21. The van der Waals surface area contributed by atoms with Gasteiger partial charge >= 0.3 is 0 Å². The van der Waals surface area contributed by atoms with Crippen LogP contribution in [0.3, 0.4) is 0 Å². The molecule has 0 bridgehead atoms. The van der Waals surface area contributed by atoms with Crippen LogP contribution in [0.15, 0.2) is 29.6 Å². The number of nitrogens with one attached hydrogen (secondary N) is 2. The van der Waals surface area contributed by atoms with E-state index in [0.717, 1.165) is 24.2 Å². The van der Waals surface area contributed by atoms with Gasteiger partial charge in [0.15, 0.2) is 0 Å². The minimum absolute atomic E-state index is 0.0481. The molecular formula is C17H19N7O2. The van der Waals surface area contributed by atoms with Crippen LogP contribution in [0, 0.1) is 0 Å². The summed E-state index contributed by atoms with van der Waals surface area (Å²) in [7, 11) is 0. The summed E-state index contributed by atoms with van der Waals surface area (Å²) in [5.74, 6) is 0.574. The van der Waals surface area contributed by atoms with Gasteiger partial charge in [-0.25, -0.2) is 14.5 Å². The SMILES string of the molecule is CC(C)c1cc(C(=O)NC2CC(c3cc(=O)[nH]cn3)C2)nc2ncnn12. The molecule has 0 unspecified atom stereocenters. The van der Waals surface area contributed by atoms with E-state index in [4.69, 9.17) is 0 Å². The van der Waals surface area contributed by atoms with E-state index in [1.54, 1.807) is 10.6 Å². The normalized spacial score (nSPS) is 19.5. The van der Waals surface area contributed by atoms with Crippen molar-refractivity contribution < 1.29 is 4.79 Å². The van der Waals surface area contributed by atoms with Gasteiger partial charge in [-0.05, 0) is 24.8 Å². The molecule has 1 saturated carbocycles. The molecular weight excluding hydrogens is 334 g/mol. The lowest BCUT2D eigenvalue weighted by atomic mass is 9.78. The molecule has 26 heavy (non-hydrogen) atoms. The molecule has 1 fully saturated rings. The van der Waals surface area contributed by atoms with Gasteiger partial charge in [-0.2, -0.15) is 10.1 Å². The van der Waals surface area contributed by atoms with Gasteiger partial charge in [0.05, 0.1) is 17.7 Å². The Bertz CT molecular complexity index is 1020. The monoisotopic (exact) mass is 353 g/mol. The lowest BCUT2D eigenvalue weighted by Gasteiger charge is -2.35. The molecule has 1 aliphatic carbocycles. The van der Waals surface area contributed by atoms with E-state index in [1.807, 2.05) is 13.8 Å². The molecule has 4 rings (SSSR count). The van der Waals surface area contributed by atoms with Crippen molar-refractivity contribution in [2.45, 2.75) is 44.6 Å². The molecule has 3 aromatic rings. The van der Waals surface area contributed by atoms with Gasteiger partial charge in [0.1, 0.15) is 12.0 Å². The van der Waals surface area contributed by atoms with Gasteiger partial charge < -0.3 is 10.3 Å². The molecule has 3 aromatic heterocycles. The summed E-state index contributed by atoms with van der Waals surface area (Å²) in [6.45, 7) is 4.06. The van der Waals surface area contributed by atoms with E-state index < -0.39 is 0 Å². The van der Waals surface area contributed by atoms with Crippen LogP contribution in [0.2, 0.25) is 0 Å². The van der Waals surface area contributed by atoms with Gasteiger partial charge in [0.25, 0.3) is 17.2 Å². The zero-order valence-electron chi connectivity index (χ0n) is 14.5. The van der Waals surface area contributed by atoms with Crippen molar-refractivity contribution in [3.8, 4) is 0 Å². The third-order valence-electron chi connectivity index (χ3n) is 4.69. The molecule has 1 amide bonds. The summed E-state index contributed by atoms with van der Waals surface area (Å²) in [5, 5.41) is 7.15. The highest BCUT2D eigenvalue weighted by molar-refractivity contribution is 5.93. The molecule has 1 aliphatic rings. The Labute approximate surface area is 148 Å². The van der Waals surface area contributed by atoms with Crippen molar-refractivity contribution in [3.63, 3.8) is 0 Å². The van der Waals surface area contributed by atoms with E-state index in [2.05, 4.69) is 30.4 Å². The summed E-state index contributed by atoms with van der Waals surface area (Å²) in [6, 6.07) is 3.32. The van der Waals surface area contributed by atoms with Gasteiger partial charge in [-0.1, -0.05) is 13.8 Å². The van der Waals surface area contributed by atoms with Crippen LogP contribution in [0.4, 0.5) is 0 Å². The first-order valence-corrected chi connectivity index (χ1v) is 8.57. The number of carbonyl (C=O) groups is 1. The predicted molar refractivity (Wildman–Crippen MR) is 93.0 cm³/mol. The minimum Gasteiger partial charge on any atom is -0.348 e. The predicted octanol–water partition coefficient (Wildman–Crippen LogP) is 1.01. The summed E-state index contributed by atoms with van der Waals surface area (Å²) < 4.78 is 1.65. The number of aromatic nitrogens is 6. The van der Waals surface area contributed by atoms with Crippen molar-refractivity contribution >= 4 is 11.7 Å². The van der Waals surface area contributed by atoms with Crippen molar-refractivity contribution in [3.05, 3.63) is 52.2 Å². The number of nitrogens with zero attached hydrogens (tertiary/aromatic N) is 5. The number of carbonyl (C=O) groups excluding carboxylic acids is 1. The average molecular weight is 353 g/mol. The fourth-order valence-corrected chi connectivity index (χ4v) is 3.21. The largest absolute Gasteiger partial charge is 0.348 e. The van der Waals surface area contributed by atoms with Crippen LogP contribution in [0.1, 0.15) is 60.4 Å². The number of rotatable bonds is 4. The van der Waals surface area contributed by atoms with Crippen molar-refractivity contribution in [2.75, 3.05) is 0 Å². The van der Waals surface area contributed by atoms with E-state index >= 15 is 0 Å². The molecule has 0 saturated heterocycles. The lowest BCUT2D eigenvalue weighted by Crippen LogP contribution is -2.44. The first kappa shape index (κ1) is 16.4. The molecule has 0 aromatic carbocycles. The Balaban J connectivity index is 1.46. The molecule has 0 spiro atoms. The minimum atomic E-state index is -0.222. The molecule has 9 heteroatoms. The van der Waals surface area contributed by atoms with Crippen LogP contribution >= 0.6 is 0 Å². The third kappa shape index (κ3) is 2.96. The standard InChI is InChI=1S/C17H19N7O2/c1-9(2)14-5-13(23-17-20-8-21-24(14)17)16(26)22-11-3-10(4-11)12-6-15(25)19-7-18-12/h5-11H,3-4H2,1-2H3,(H,22,26)(H,18,19,25). The zero-order chi connectivity index (χ0) is 18.3. The Morgan fingerprint density at radius 3 is 2.85 bits per heavy atom. The van der Waals surface area contributed by atoms with Gasteiger partial charge in [-0.3, -0.25) is 9.59 Å². The molecule has 0 radical (unpaired) electrons. The van der Waals surface area contributed by atoms with Crippen LogP contribution in [-0.4, -0.2) is 41.5 Å². The molecule has 3 heterocycles. The van der Waals surface area contributed by atoms with Crippen molar-refractivity contribution in [1.29, 1.82) is 0 Å². The van der Waals surface area contributed by atoms with Gasteiger partial charge in [-0.15, -0.1) is 0 Å².